The molecule has 17 heavy (non-hydrogen) atoms. The molecule has 0 aromatic carbocycles. The van der Waals surface area contributed by atoms with Gasteiger partial charge in [-0.15, -0.1) is 4.40 Å². The van der Waals surface area contributed by atoms with Crippen LogP contribution in [0.2, 0.25) is 0 Å². The Balaban J connectivity index is 2.19. The first kappa shape index (κ1) is 15.0. The molecule has 0 aromatic rings. The highest BCUT2D eigenvalue weighted by atomic mass is 32.3. The van der Waals surface area contributed by atoms with E-state index < -0.39 is 20.7 Å². The van der Waals surface area contributed by atoms with Crippen LogP contribution in [-0.2, 0) is 10.0 Å². The Bertz CT molecular complexity index is 416. The molecule has 0 spiro atoms. The van der Waals surface area contributed by atoms with Crippen LogP contribution in [0.3, 0.4) is 0 Å². The molecule has 0 radical (unpaired) electrons. The largest absolute Gasteiger partial charge is 0.267 e. The average Bonchev–Trinajstić information content (AvgIpc) is 2.46. The Morgan fingerprint density at radius 2 is 2.24 bits per heavy atom. The molecule has 0 aliphatic carbocycles. The van der Waals surface area contributed by atoms with Crippen LogP contribution in [0.4, 0.5) is 8.78 Å². The van der Waals surface area contributed by atoms with Gasteiger partial charge in [-0.05, 0) is 32.3 Å². The smallest absolute Gasteiger partial charge is 0.203 e. The van der Waals surface area contributed by atoms with Gasteiger partial charge in [-0.25, -0.2) is 8.42 Å². The molecule has 0 saturated heterocycles. The van der Waals surface area contributed by atoms with E-state index in [-0.39, 0.29) is 0 Å². The lowest BCUT2D eigenvalue weighted by molar-refractivity contribution is 0.417. The fourth-order valence-corrected chi connectivity index (χ4v) is 5.28. The zero-order valence-corrected chi connectivity index (χ0v) is 11.7. The van der Waals surface area contributed by atoms with Crippen LogP contribution in [-0.4, -0.2) is 23.1 Å². The van der Waals surface area contributed by atoms with Gasteiger partial charge in [-0.3, -0.25) is 0 Å². The van der Waals surface area contributed by atoms with Crippen LogP contribution in [0.15, 0.2) is 16.6 Å². The molecule has 1 rings (SSSR count). The van der Waals surface area contributed by atoms with Crippen molar-refractivity contribution in [1.29, 1.82) is 0 Å². The first-order valence-electron chi connectivity index (χ1n) is 5.06. The highest BCUT2D eigenvalue weighted by Gasteiger charge is 2.30. The molecule has 98 valence electrons. The summed E-state index contributed by atoms with van der Waals surface area (Å²) in [7, 11) is -3.31. The Labute approximate surface area is 108 Å². The topological polar surface area (TPSA) is 46.5 Å². The van der Waals surface area contributed by atoms with E-state index >= 15 is 0 Å². The van der Waals surface area contributed by atoms with Crippen molar-refractivity contribution in [2.75, 3.05) is 5.75 Å². The van der Waals surface area contributed by atoms with Crippen LogP contribution in [0, 0.1) is 0 Å². The molecular weight excluding hydrogens is 288 g/mol. The first-order chi connectivity index (χ1) is 7.92. The normalized spacial score (nSPS) is 22.3. The fourth-order valence-electron chi connectivity index (χ4n) is 1.08. The van der Waals surface area contributed by atoms with Crippen LogP contribution < -0.4 is 0 Å². The SMILES string of the molecule is CC1SC(SCCCCC=C(F)F)=NS1(=O)=O. The molecule has 1 heterocycles. The lowest BCUT2D eigenvalue weighted by Gasteiger charge is -1.99. The summed E-state index contributed by atoms with van der Waals surface area (Å²) in [5, 5.41) is 0. The summed E-state index contributed by atoms with van der Waals surface area (Å²) in [5.74, 6) is 0.704. The van der Waals surface area contributed by atoms with Gasteiger partial charge < -0.3 is 0 Å². The van der Waals surface area contributed by atoms with Crippen LogP contribution >= 0.6 is 23.5 Å². The second-order valence-electron chi connectivity index (χ2n) is 3.40. The van der Waals surface area contributed by atoms with Crippen LogP contribution in [0.5, 0.6) is 0 Å². The summed E-state index contributed by atoms with van der Waals surface area (Å²) in [6, 6.07) is 0. The molecule has 0 amide bonds. The summed E-state index contributed by atoms with van der Waals surface area (Å²) >= 11 is 2.61. The monoisotopic (exact) mass is 301 g/mol. The van der Waals surface area contributed by atoms with E-state index in [1.807, 2.05) is 0 Å². The van der Waals surface area contributed by atoms with Crippen molar-refractivity contribution >= 4 is 37.9 Å². The highest BCUT2D eigenvalue weighted by molar-refractivity contribution is 8.43. The average molecular weight is 301 g/mol. The van der Waals surface area contributed by atoms with Gasteiger partial charge in [0.25, 0.3) is 16.1 Å². The minimum Gasteiger partial charge on any atom is -0.203 e. The van der Waals surface area contributed by atoms with Crippen molar-refractivity contribution in [2.24, 2.45) is 4.40 Å². The van der Waals surface area contributed by atoms with E-state index in [1.165, 1.54) is 23.5 Å². The molecule has 1 unspecified atom stereocenters. The Morgan fingerprint density at radius 3 is 2.76 bits per heavy atom. The lowest BCUT2D eigenvalue weighted by Crippen LogP contribution is -2.04. The highest BCUT2D eigenvalue weighted by Crippen LogP contribution is 2.33. The first-order valence-corrected chi connectivity index (χ1v) is 8.43. The van der Waals surface area contributed by atoms with Crippen molar-refractivity contribution in [3.8, 4) is 0 Å². The maximum absolute atomic E-state index is 11.7. The van der Waals surface area contributed by atoms with Gasteiger partial charge in [0.1, 0.15) is 8.96 Å². The molecule has 0 bridgehead atoms. The number of rotatable bonds is 5. The number of allylic oxidation sites excluding steroid dienone is 1. The predicted octanol–water partition coefficient (Wildman–Crippen LogP) is 3.45. The second-order valence-corrected chi connectivity index (χ2v) is 8.29. The summed E-state index contributed by atoms with van der Waals surface area (Å²) in [6.45, 7) is 1.60. The number of thioether (sulfide) groups is 2. The van der Waals surface area contributed by atoms with Crippen LogP contribution in [0.25, 0.3) is 0 Å². The Kier molecular flexibility index (Phi) is 5.94. The summed E-state index contributed by atoms with van der Waals surface area (Å²) in [4.78, 5) is 0. The third-order valence-corrected chi connectivity index (χ3v) is 6.63. The molecule has 0 saturated carbocycles. The quantitative estimate of drug-likeness (QED) is 0.730. The second kappa shape index (κ2) is 6.75. The third-order valence-electron chi connectivity index (χ3n) is 2.01. The van der Waals surface area contributed by atoms with Crippen molar-refractivity contribution in [2.45, 2.75) is 30.8 Å². The van der Waals surface area contributed by atoms with Crippen LogP contribution in [0.1, 0.15) is 26.2 Å². The molecule has 0 aromatic heterocycles. The standard InChI is InChI=1S/C9H13F2NO2S3/c1-7-16-9(12-17(7,13)14)15-6-4-2-3-5-8(10)11/h5,7H,2-4,6H2,1H3. The maximum Gasteiger partial charge on any atom is 0.267 e. The van der Waals surface area contributed by atoms with Crippen molar-refractivity contribution < 1.29 is 17.2 Å². The number of nitrogens with zero attached hydrogens (tertiary/aromatic N) is 1. The fraction of sp³-hybridized carbons (Fsp3) is 0.667. The number of hydrogen-bond acceptors (Lipinski definition) is 4. The molecule has 1 atom stereocenters. The van der Waals surface area contributed by atoms with E-state index in [0.29, 0.717) is 23.0 Å². The van der Waals surface area contributed by atoms with E-state index in [2.05, 4.69) is 4.40 Å². The van der Waals surface area contributed by atoms with Crippen molar-refractivity contribution in [3.63, 3.8) is 0 Å². The third kappa shape index (κ3) is 5.39. The zero-order chi connectivity index (χ0) is 12.9. The Morgan fingerprint density at radius 1 is 1.53 bits per heavy atom. The van der Waals surface area contributed by atoms with Gasteiger partial charge in [-0.2, -0.15) is 8.78 Å². The minimum atomic E-state index is -3.31. The number of halogens is 2. The van der Waals surface area contributed by atoms with Gasteiger partial charge in [-0.1, -0.05) is 23.5 Å². The molecular formula is C9H13F2NO2S3. The van der Waals surface area contributed by atoms with Crippen molar-refractivity contribution in [3.05, 3.63) is 12.2 Å². The minimum absolute atomic E-state index is 0.358. The van der Waals surface area contributed by atoms with E-state index in [0.717, 1.165) is 12.5 Å². The lowest BCUT2D eigenvalue weighted by atomic mass is 10.2. The Hall–Kier alpha value is -0.0800. The summed E-state index contributed by atoms with van der Waals surface area (Å²) in [5.41, 5.74) is 0. The summed E-state index contributed by atoms with van der Waals surface area (Å²) in [6.07, 6.45) is 1.05. The van der Waals surface area contributed by atoms with E-state index in [4.69, 9.17) is 0 Å². The molecule has 1 aliphatic heterocycles. The van der Waals surface area contributed by atoms with E-state index in [9.17, 15) is 17.2 Å². The molecule has 8 heteroatoms. The number of sulfonamides is 1. The van der Waals surface area contributed by atoms with Gasteiger partial charge in [0.15, 0.2) is 0 Å². The maximum atomic E-state index is 11.7. The molecule has 1 aliphatic rings. The number of hydrogen-bond donors (Lipinski definition) is 0. The van der Waals surface area contributed by atoms with Gasteiger partial charge in [0.05, 0.1) is 0 Å². The summed E-state index contributed by atoms with van der Waals surface area (Å²) < 4.78 is 49.6. The van der Waals surface area contributed by atoms with Crippen molar-refractivity contribution in [1.82, 2.24) is 0 Å². The molecule has 3 nitrogen and oxygen atoms in total. The van der Waals surface area contributed by atoms with Gasteiger partial charge in [0, 0.05) is 5.75 Å². The number of unbranched alkanes of at least 4 members (excludes halogenated alkanes) is 2. The zero-order valence-electron chi connectivity index (χ0n) is 9.23. The molecule has 0 fully saturated rings. The van der Waals surface area contributed by atoms with Gasteiger partial charge in [0.2, 0.25) is 0 Å². The molecule has 0 N–H and O–H groups in total. The van der Waals surface area contributed by atoms with Gasteiger partial charge >= 0.3 is 0 Å². The van der Waals surface area contributed by atoms with E-state index in [1.54, 1.807) is 6.92 Å². The predicted molar refractivity (Wildman–Crippen MR) is 70.0 cm³/mol.